The zero-order valence-electron chi connectivity index (χ0n) is 9.19. The molecule has 0 atom stereocenters. The second kappa shape index (κ2) is 5.46. The van der Waals surface area contributed by atoms with Crippen molar-refractivity contribution in [2.75, 3.05) is 19.7 Å². The maximum absolute atomic E-state index is 10.6. The molecule has 92 valence electrons. The van der Waals surface area contributed by atoms with E-state index in [-0.39, 0.29) is 5.69 Å². The van der Waals surface area contributed by atoms with Crippen LogP contribution >= 0.6 is 15.9 Å². The molecule has 0 amide bonds. The minimum atomic E-state index is -0.421. The van der Waals surface area contributed by atoms with Crippen molar-refractivity contribution >= 4 is 21.6 Å². The minimum Gasteiger partial charge on any atom is -0.492 e. The zero-order chi connectivity index (χ0) is 12.3. The quantitative estimate of drug-likeness (QED) is 0.670. The first-order valence-electron chi connectivity index (χ1n) is 5.44. The van der Waals surface area contributed by atoms with Gasteiger partial charge in [0.1, 0.15) is 5.75 Å². The van der Waals surface area contributed by atoms with E-state index < -0.39 is 4.92 Å². The average molecular weight is 301 g/mol. The molecule has 1 heterocycles. The number of ether oxygens (including phenoxy) is 1. The summed E-state index contributed by atoms with van der Waals surface area (Å²) in [6.45, 7) is 2.67. The molecule has 1 saturated heterocycles. The number of nitrogens with one attached hydrogen (secondary N) is 1. The summed E-state index contributed by atoms with van der Waals surface area (Å²) in [6.07, 6.45) is 0.974. The van der Waals surface area contributed by atoms with E-state index in [4.69, 9.17) is 4.74 Å². The van der Waals surface area contributed by atoms with Crippen LogP contribution in [0.1, 0.15) is 6.42 Å². The van der Waals surface area contributed by atoms with Crippen LogP contribution in [0.3, 0.4) is 0 Å². The molecule has 0 bridgehead atoms. The fraction of sp³-hybridized carbons (Fsp3) is 0.455. The van der Waals surface area contributed by atoms with Crippen LogP contribution in [0.4, 0.5) is 5.69 Å². The Hall–Kier alpha value is -1.14. The molecule has 0 radical (unpaired) electrons. The van der Waals surface area contributed by atoms with Crippen LogP contribution in [-0.2, 0) is 0 Å². The van der Waals surface area contributed by atoms with E-state index in [1.54, 1.807) is 6.07 Å². The van der Waals surface area contributed by atoms with Crippen LogP contribution in [0, 0.1) is 16.0 Å². The van der Waals surface area contributed by atoms with Crippen molar-refractivity contribution in [3.63, 3.8) is 0 Å². The summed E-state index contributed by atoms with van der Waals surface area (Å²) >= 11 is 3.32. The predicted octanol–water partition coefficient (Wildman–Crippen LogP) is 2.35. The van der Waals surface area contributed by atoms with Gasteiger partial charge in [-0.15, -0.1) is 0 Å². The number of halogens is 1. The van der Waals surface area contributed by atoms with E-state index in [1.165, 1.54) is 12.1 Å². The Morgan fingerprint density at radius 2 is 2.29 bits per heavy atom. The first kappa shape index (κ1) is 12.3. The molecule has 1 aromatic carbocycles. The van der Waals surface area contributed by atoms with Crippen molar-refractivity contribution < 1.29 is 9.66 Å². The van der Waals surface area contributed by atoms with Crippen molar-refractivity contribution in [3.05, 3.63) is 32.8 Å². The van der Waals surface area contributed by atoms with E-state index in [9.17, 15) is 10.1 Å². The molecular formula is C11H13BrN2O3. The number of non-ortho nitro benzene ring substituents is 1. The highest BCUT2D eigenvalue weighted by Gasteiger charge is 2.17. The molecule has 5 nitrogen and oxygen atoms in total. The lowest BCUT2D eigenvalue weighted by Gasteiger charge is -2.26. The molecule has 17 heavy (non-hydrogen) atoms. The maximum Gasteiger partial charge on any atom is 0.273 e. The van der Waals surface area contributed by atoms with Gasteiger partial charge in [0.15, 0.2) is 0 Å². The molecule has 0 aromatic heterocycles. The van der Waals surface area contributed by atoms with Gasteiger partial charge in [-0.2, -0.15) is 0 Å². The Balaban J connectivity index is 1.93. The summed E-state index contributed by atoms with van der Waals surface area (Å²) in [7, 11) is 0. The minimum absolute atomic E-state index is 0.0495. The summed E-state index contributed by atoms with van der Waals surface area (Å²) in [6, 6.07) is 4.54. The van der Waals surface area contributed by atoms with Gasteiger partial charge >= 0.3 is 0 Å². The Bertz CT molecular complexity index is 421. The van der Waals surface area contributed by atoms with E-state index in [0.717, 1.165) is 24.0 Å². The van der Waals surface area contributed by atoms with Crippen LogP contribution in [0.2, 0.25) is 0 Å². The molecule has 2 rings (SSSR count). The molecule has 1 N–H and O–H groups in total. The van der Waals surface area contributed by atoms with Crippen molar-refractivity contribution in [3.8, 4) is 5.75 Å². The first-order chi connectivity index (χ1) is 8.16. The molecule has 0 aliphatic carbocycles. The van der Waals surface area contributed by atoms with Crippen LogP contribution < -0.4 is 10.1 Å². The first-order valence-corrected chi connectivity index (χ1v) is 6.23. The summed E-state index contributed by atoms with van der Waals surface area (Å²) in [4.78, 5) is 10.2. The van der Waals surface area contributed by atoms with Crippen LogP contribution in [0.5, 0.6) is 5.75 Å². The lowest BCUT2D eigenvalue weighted by molar-refractivity contribution is -0.385. The molecular weight excluding hydrogens is 288 g/mol. The van der Waals surface area contributed by atoms with Crippen molar-refractivity contribution in [2.45, 2.75) is 6.42 Å². The normalized spacial score (nSPS) is 15.4. The third kappa shape index (κ3) is 3.17. The van der Waals surface area contributed by atoms with E-state index in [1.807, 2.05) is 0 Å². The predicted molar refractivity (Wildman–Crippen MR) is 67.3 cm³/mol. The summed E-state index contributed by atoms with van der Waals surface area (Å²) < 4.78 is 6.30. The number of nitro groups is 1. The Kier molecular flexibility index (Phi) is 3.96. The maximum atomic E-state index is 10.6. The number of rotatable bonds is 5. The fourth-order valence-corrected chi connectivity index (χ4v) is 1.97. The highest BCUT2D eigenvalue weighted by Crippen LogP contribution is 2.29. The third-order valence-electron chi connectivity index (χ3n) is 2.78. The molecule has 0 unspecified atom stereocenters. The van der Waals surface area contributed by atoms with Crippen molar-refractivity contribution in [1.29, 1.82) is 0 Å². The molecule has 1 aliphatic rings. The highest BCUT2D eigenvalue weighted by molar-refractivity contribution is 9.10. The lowest BCUT2D eigenvalue weighted by atomic mass is 10.0. The average Bonchev–Trinajstić information content (AvgIpc) is 2.23. The van der Waals surface area contributed by atoms with Gasteiger partial charge < -0.3 is 10.1 Å². The van der Waals surface area contributed by atoms with Crippen LogP contribution in [0.15, 0.2) is 22.7 Å². The Labute approximate surface area is 107 Å². The lowest BCUT2D eigenvalue weighted by Crippen LogP contribution is -2.42. The number of hydrogen-bond acceptors (Lipinski definition) is 4. The van der Waals surface area contributed by atoms with E-state index in [0.29, 0.717) is 18.3 Å². The molecule has 1 aromatic rings. The monoisotopic (exact) mass is 300 g/mol. The molecule has 0 spiro atoms. The topological polar surface area (TPSA) is 64.4 Å². The molecule has 6 heteroatoms. The van der Waals surface area contributed by atoms with Gasteiger partial charge in [0, 0.05) is 6.07 Å². The summed E-state index contributed by atoms with van der Waals surface area (Å²) in [5.41, 5.74) is 0.0495. The Morgan fingerprint density at radius 3 is 2.88 bits per heavy atom. The number of hydrogen-bond donors (Lipinski definition) is 1. The second-order valence-corrected chi connectivity index (χ2v) is 4.89. The highest BCUT2D eigenvalue weighted by atomic mass is 79.9. The van der Waals surface area contributed by atoms with Gasteiger partial charge in [0.2, 0.25) is 0 Å². The number of nitrogens with zero attached hydrogens (tertiary/aromatic N) is 1. The fourth-order valence-electron chi connectivity index (χ4n) is 1.60. The third-order valence-corrected chi connectivity index (χ3v) is 3.43. The zero-order valence-corrected chi connectivity index (χ0v) is 10.8. The van der Waals surface area contributed by atoms with E-state index in [2.05, 4.69) is 21.2 Å². The van der Waals surface area contributed by atoms with Gasteiger partial charge in [-0.1, -0.05) is 0 Å². The van der Waals surface area contributed by atoms with Crippen LogP contribution in [-0.4, -0.2) is 24.6 Å². The largest absolute Gasteiger partial charge is 0.492 e. The van der Waals surface area contributed by atoms with Gasteiger partial charge in [-0.3, -0.25) is 10.1 Å². The van der Waals surface area contributed by atoms with Crippen molar-refractivity contribution in [2.24, 2.45) is 5.92 Å². The molecule has 1 aliphatic heterocycles. The molecule has 1 fully saturated rings. The second-order valence-electron chi connectivity index (χ2n) is 4.03. The number of nitro benzene ring substituents is 1. The summed E-state index contributed by atoms with van der Waals surface area (Å²) in [5, 5.41) is 13.8. The van der Waals surface area contributed by atoms with Gasteiger partial charge in [0.05, 0.1) is 22.1 Å². The van der Waals surface area contributed by atoms with Gasteiger partial charge in [-0.05, 0) is 47.4 Å². The smallest absolute Gasteiger partial charge is 0.273 e. The Morgan fingerprint density at radius 1 is 1.53 bits per heavy atom. The van der Waals surface area contributed by atoms with Gasteiger partial charge in [-0.25, -0.2) is 0 Å². The van der Waals surface area contributed by atoms with Crippen molar-refractivity contribution in [1.82, 2.24) is 5.32 Å². The van der Waals surface area contributed by atoms with Gasteiger partial charge in [0.25, 0.3) is 5.69 Å². The molecule has 0 saturated carbocycles. The standard InChI is InChI=1S/C11H13BrN2O3/c12-10-2-1-9(14(15)16)5-11(10)17-4-3-8-6-13-7-8/h1-2,5,8,13H,3-4,6-7H2. The van der Waals surface area contributed by atoms with Crippen LogP contribution in [0.25, 0.3) is 0 Å². The summed E-state index contributed by atoms with van der Waals surface area (Å²) in [5.74, 6) is 1.21. The number of benzene rings is 1. The SMILES string of the molecule is O=[N+]([O-])c1ccc(Br)c(OCCC2CNC2)c1. The van der Waals surface area contributed by atoms with E-state index >= 15 is 0 Å².